The van der Waals surface area contributed by atoms with E-state index in [2.05, 4.69) is 34.2 Å². The zero-order valence-corrected chi connectivity index (χ0v) is 12.1. The Morgan fingerprint density at radius 3 is 3.00 bits per heavy atom. The van der Waals surface area contributed by atoms with Crippen LogP contribution in [-0.2, 0) is 11.2 Å². The van der Waals surface area contributed by atoms with Gasteiger partial charge in [-0.2, -0.15) is 4.98 Å². The van der Waals surface area contributed by atoms with E-state index in [1.54, 1.807) is 6.92 Å². The quantitative estimate of drug-likeness (QED) is 0.763. The van der Waals surface area contributed by atoms with Crippen molar-refractivity contribution >= 4 is 0 Å². The van der Waals surface area contributed by atoms with Crippen molar-refractivity contribution in [2.75, 3.05) is 32.8 Å². The zero-order valence-electron chi connectivity index (χ0n) is 12.1. The van der Waals surface area contributed by atoms with Crippen LogP contribution in [0.15, 0.2) is 4.52 Å². The molecule has 1 aliphatic rings. The highest BCUT2D eigenvalue weighted by molar-refractivity contribution is 4.85. The Morgan fingerprint density at radius 2 is 2.32 bits per heavy atom. The second-order valence-electron chi connectivity index (χ2n) is 5.27. The third-order valence-electron chi connectivity index (χ3n) is 3.37. The van der Waals surface area contributed by atoms with Crippen molar-refractivity contribution in [2.24, 2.45) is 0 Å². The monoisotopic (exact) mass is 268 g/mol. The van der Waals surface area contributed by atoms with Crippen molar-refractivity contribution < 1.29 is 9.26 Å². The highest BCUT2D eigenvalue weighted by atomic mass is 16.5. The number of aromatic nitrogens is 2. The van der Waals surface area contributed by atoms with Crippen molar-refractivity contribution in [3.63, 3.8) is 0 Å². The molecule has 0 radical (unpaired) electrons. The topological polar surface area (TPSA) is 63.4 Å². The maximum absolute atomic E-state index is 5.76. The van der Waals surface area contributed by atoms with Gasteiger partial charge in [-0.3, -0.25) is 4.90 Å². The molecule has 0 bridgehead atoms. The van der Waals surface area contributed by atoms with Gasteiger partial charge in [0.1, 0.15) is 0 Å². The Bertz CT molecular complexity index is 380. The molecule has 1 unspecified atom stereocenters. The maximum atomic E-state index is 5.76. The average Bonchev–Trinajstić information content (AvgIpc) is 2.81. The first-order chi connectivity index (χ1) is 9.15. The molecule has 0 saturated carbocycles. The molecule has 1 aromatic rings. The summed E-state index contributed by atoms with van der Waals surface area (Å²) in [5, 5.41) is 7.27. The van der Waals surface area contributed by atoms with E-state index in [0.717, 1.165) is 45.0 Å². The molecule has 1 aliphatic heterocycles. The van der Waals surface area contributed by atoms with Crippen LogP contribution in [0.2, 0.25) is 0 Å². The van der Waals surface area contributed by atoms with Crippen molar-refractivity contribution in [1.82, 2.24) is 20.4 Å². The molecule has 1 N–H and O–H groups in total. The van der Waals surface area contributed by atoms with E-state index in [-0.39, 0.29) is 6.10 Å². The van der Waals surface area contributed by atoms with Gasteiger partial charge in [-0.25, -0.2) is 0 Å². The highest BCUT2D eigenvalue weighted by Crippen LogP contribution is 2.07. The molecule has 0 amide bonds. The van der Waals surface area contributed by atoms with Gasteiger partial charge in [-0.1, -0.05) is 5.16 Å². The highest BCUT2D eigenvalue weighted by Gasteiger charge is 2.21. The Hall–Kier alpha value is -0.980. The fraction of sp³-hybridized carbons (Fsp3) is 0.846. The van der Waals surface area contributed by atoms with Crippen LogP contribution in [0, 0.1) is 6.92 Å². The molecule has 0 aliphatic carbocycles. The number of aryl methyl sites for hydroxylation is 1. The number of ether oxygens (including phenoxy) is 1. The number of hydrogen-bond donors (Lipinski definition) is 1. The molecule has 1 saturated heterocycles. The minimum Gasteiger partial charge on any atom is -0.374 e. The molecule has 108 valence electrons. The lowest BCUT2D eigenvalue weighted by Gasteiger charge is -2.35. The number of rotatable bonds is 6. The van der Waals surface area contributed by atoms with Gasteiger partial charge in [0.25, 0.3) is 0 Å². The number of morpholine rings is 1. The maximum Gasteiger partial charge on any atom is 0.223 e. The summed E-state index contributed by atoms with van der Waals surface area (Å²) in [6, 6.07) is 0.591. The van der Waals surface area contributed by atoms with Crippen LogP contribution in [0.25, 0.3) is 0 Å². The van der Waals surface area contributed by atoms with Gasteiger partial charge < -0.3 is 14.6 Å². The fourth-order valence-electron chi connectivity index (χ4n) is 2.24. The summed E-state index contributed by atoms with van der Waals surface area (Å²) in [4.78, 5) is 6.63. The van der Waals surface area contributed by atoms with Crippen LogP contribution in [0.4, 0.5) is 0 Å². The Balaban J connectivity index is 1.62. The van der Waals surface area contributed by atoms with Gasteiger partial charge in [-0.15, -0.1) is 0 Å². The minimum absolute atomic E-state index is 0.281. The van der Waals surface area contributed by atoms with Gasteiger partial charge in [0.2, 0.25) is 5.89 Å². The molecule has 1 fully saturated rings. The Labute approximate surface area is 114 Å². The third kappa shape index (κ3) is 4.56. The lowest BCUT2D eigenvalue weighted by atomic mass is 10.2. The smallest absolute Gasteiger partial charge is 0.223 e. The molecule has 2 rings (SSSR count). The lowest BCUT2D eigenvalue weighted by molar-refractivity contribution is -0.0370. The standard InChI is InChI=1S/C13H24N4O2/c1-10(2)17-6-7-18-12(9-17)8-14-5-4-13-15-11(3)19-16-13/h10,12,14H,4-9H2,1-3H3. The molecule has 2 heterocycles. The average molecular weight is 268 g/mol. The molecule has 19 heavy (non-hydrogen) atoms. The fourth-order valence-corrected chi connectivity index (χ4v) is 2.24. The molecule has 1 atom stereocenters. The molecule has 0 spiro atoms. The van der Waals surface area contributed by atoms with Crippen molar-refractivity contribution in [2.45, 2.75) is 39.3 Å². The normalized spacial score (nSPS) is 21.2. The number of hydrogen-bond acceptors (Lipinski definition) is 6. The molecule has 6 heteroatoms. The van der Waals surface area contributed by atoms with Gasteiger partial charge in [0.05, 0.1) is 12.7 Å². The minimum atomic E-state index is 0.281. The van der Waals surface area contributed by atoms with Crippen LogP contribution in [-0.4, -0.2) is 60.0 Å². The summed E-state index contributed by atoms with van der Waals surface area (Å²) in [6.45, 7) is 10.9. The summed E-state index contributed by atoms with van der Waals surface area (Å²) in [7, 11) is 0. The molecule has 1 aromatic heterocycles. The molecular weight excluding hydrogens is 244 g/mol. The van der Waals surface area contributed by atoms with Crippen LogP contribution in [0.3, 0.4) is 0 Å². The second-order valence-corrected chi connectivity index (χ2v) is 5.27. The van der Waals surface area contributed by atoms with Crippen LogP contribution in [0.5, 0.6) is 0 Å². The first kappa shape index (κ1) is 14.4. The molecular formula is C13H24N4O2. The first-order valence-electron chi connectivity index (χ1n) is 7.00. The van der Waals surface area contributed by atoms with Crippen molar-refractivity contribution in [3.05, 3.63) is 11.7 Å². The van der Waals surface area contributed by atoms with Crippen molar-refractivity contribution in [1.29, 1.82) is 0 Å². The summed E-state index contributed by atoms with van der Waals surface area (Å²) < 4.78 is 10.7. The lowest BCUT2D eigenvalue weighted by Crippen LogP contribution is -2.49. The van der Waals surface area contributed by atoms with Gasteiger partial charge in [-0.05, 0) is 13.8 Å². The van der Waals surface area contributed by atoms with Gasteiger partial charge >= 0.3 is 0 Å². The summed E-state index contributed by atoms with van der Waals surface area (Å²) >= 11 is 0. The molecule has 0 aromatic carbocycles. The van der Waals surface area contributed by atoms with Crippen LogP contribution >= 0.6 is 0 Å². The Morgan fingerprint density at radius 1 is 1.47 bits per heavy atom. The van der Waals surface area contributed by atoms with E-state index in [9.17, 15) is 0 Å². The molecule has 6 nitrogen and oxygen atoms in total. The predicted octanol–water partition coefficient (Wildman–Crippen LogP) is 0.619. The van der Waals surface area contributed by atoms with Gasteiger partial charge in [0.15, 0.2) is 5.82 Å². The second kappa shape index (κ2) is 6.98. The van der Waals surface area contributed by atoms with E-state index in [1.807, 2.05) is 0 Å². The van der Waals surface area contributed by atoms with E-state index >= 15 is 0 Å². The summed E-state index contributed by atoms with van der Waals surface area (Å²) in [6.07, 6.45) is 1.07. The van der Waals surface area contributed by atoms with E-state index < -0.39 is 0 Å². The van der Waals surface area contributed by atoms with E-state index in [0.29, 0.717) is 11.9 Å². The van der Waals surface area contributed by atoms with Crippen LogP contribution in [0.1, 0.15) is 25.6 Å². The van der Waals surface area contributed by atoms with Gasteiger partial charge in [0, 0.05) is 45.6 Å². The van der Waals surface area contributed by atoms with Crippen molar-refractivity contribution in [3.8, 4) is 0 Å². The zero-order chi connectivity index (χ0) is 13.7. The first-order valence-corrected chi connectivity index (χ1v) is 7.00. The number of nitrogens with zero attached hydrogens (tertiary/aromatic N) is 3. The summed E-state index contributed by atoms with van der Waals surface area (Å²) in [5.41, 5.74) is 0. The SMILES string of the molecule is Cc1nc(CCNCC2CN(C(C)C)CCO2)no1. The predicted molar refractivity (Wildman–Crippen MR) is 72.1 cm³/mol. The Kier molecular flexibility index (Phi) is 5.30. The van der Waals surface area contributed by atoms with E-state index in [4.69, 9.17) is 9.26 Å². The van der Waals surface area contributed by atoms with Crippen LogP contribution < -0.4 is 5.32 Å². The number of nitrogens with one attached hydrogen (secondary N) is 1. The summed E-state index contributed by atoms with van der Waals surface area (Å²) in [5.74, 6) is 1.39. The van der Waals surface area contributed by atoms with E-state index in [1.165, 1.54) is 0 Å². The largest absolute Gasteiger partial charge is 0.374 e. The third-order valence-corrected chi connectivity index (χ3v) is 3.37.